The van der Waals surface area contributed by atoms with Gasteiger partial charge in [-0.15, -0.1) is 0 Å². The summed E-state index contributed by atoms with van der Waals surface area (Å²) < 4.78 is 5.20. The van der Waals surface area contributed by atoms with Crippen LogP contribution in [0, 0.1) is 6.92 Å². The van der Waals surface area contributed by atoms with Gasteiger partial charge in [0.25, 0.3) is 5.91 Å². The average molecular weight is 453 g/mol. The van der Waals surface area contributed by atoms with Gasteiger partial charge in [0.1, 0.15) is 17.0 Å². The van der Waals surface area contributed by atoms with Crippen molar-refractivity contribution in [1.82, 2.24) is 5.32 Å². The number of carbonyl (C=O) groups is 3. The number of nitrogens with one attached hydrogen (secondary N) is 3. The number of carbonyl (C=O) groups excluding carboxylic acids is 3. The second-order valence-electron chi connectivity index (χ2n) is 9.09. The van der Waals surface area contributed by atoms with E-state index < -0.39 is 28.9 Å². The Bertz CT molecular complexity index is 1370. The van der Waals surface area contributed by atoms with Crippen LogP contribution in [0.25, 0.3) is 0 Å². The van der Waals surface area contributed by atoms with Crippen molar-refractivity contribution in [2.24, 2.45) is 0 Å². The molecule has 0 bridgehead atoms. The van der Waals surface area contributed by atoms with Gasteiger partial charge in [-0.05, 0) is 30.2 Å². The Morgan fingerprint density at radius 3 is 2.29 bits per heavy atom. The lowest BCUT2D eigenvalue weighted by Gasteiger charge is -2.40. The molecule has 2 spiro atoms. The molecule has 7 nitrogen and oxygen atoms in total. The van der Waals surface area contributed by atoms with Gasteiger partial charge in [-0.2, -0.15) is 0 Å². The molecule has 3 aliphatic rings. The Balaban J connectivity index is 1.77. The SMILES string of the molecule is COC(=O)[C@@H]1N[C@@]2(C(=O)Nc3ccc(C)cc32)[C@]2(C(=O)Nc3ccccc32)[C@H]1c1ccccc1. The van der Waals surface area contributed by atoms with Crippen molar-refractivity contribution >= 4 is 29.2 Å². The van der Waals surface area contributed by atoms with Gasteiger partial charge in [-0.1, -0.05) is 66.2 Å². The normalized spacial score (nSPS) is 28.5. The summed E-state index contributed by atoms with van der Waals surface area (Å²) in [7, 11) is 1.32. The lowest BCUT2D eigenvalue weighted by atomic mass is 9.57. The van der Waals surface area contributed by atoms with Crippen molar-refractivity contribution in [3.05, 3.63) is 95.1 Å². The molecule has 7 heteroatoms. The monoisotopic (exact) mass is 453 g/mol. The summed E-state index contributed by atoms with van der Waals surface area (Å²) in [5.74, 6) is -1.93. The van der Waals surface area contributed by atoms with Crippen LogP contribution in [-0.2, 0) is 30.1 Å². The van der Waals surface area contributed by atoms with E-state index in [4.69, 9.17) is 4.74 Å². The maximum absolute atomic E-state index is 14.2. The second kappa shape index (κ2) is 7.01. The van der Waals surface area contributed by atoms with E-state index in [1.54, 1.807) is 0 Å². The molecule has 2 amide bonds. The molecule has 3 heterocycles. The molecule has 4 atom stereocenters. The molecule has 0 aliphatic carbocycles. The average Bonchev–Trinajstić information content (AvgIpc) is 3.44. The Kier molecular flexibility index (Phi) is 4.25. The first kappa shape index (κ1) is 20.6. The van der Waals surface area contributed by atoms with Crippen LogP contribution < -0.4 is 16.0 Å². The number of methoxy groups -OCH3 is 1. The smallest absolute Gasteiger partial charge is 0.323 e. The Morgan fingerprint density at radius 2 is 1.53 bits per heavy atom. The van der Waals surface area contributed by atoms with Crippen molar-refractivity contribution in [1.29, 1.82) is 0 Å². The summed E-state index contributed by atoms with van der Waals surface area (Å²) in [5.41, 5.74) is 1.33. The predicted octanol–water partition coefficient (Wildman–Crippen LogP) is 2.96. The van der Waals surface area contributed by atoms with Gasteiger partial charge in [0.2, 0.25) is 5.91 Å². The number of aryl methyl sites for hydroxylation is 1. The third-order valence-corrected chi connectivity index (χ3v) is 7.50. The number of hydrogen-bond donors (Lipinski definition) is 3. The molecule has 6 rings (SSSR count). The number of rotatable bonds is 2. The second-order valence-corrected chi connectivity index (χ2v) is 9.09. The number of anilines is 2. The number of para-hydroxylation sites is 1. The van der Waals surface area contributed by atoms with Crippen LogP contribution in [0.4, 0.5) is 11.4 Å². The summed E-state index contributed by atoms with van der Waals surface area (Å²) >= 11 is 0. The van der Waals surface area contributed by atoms with Crippen molar-refractivity contribution in [3.63, 3.8) is 0 Å². The molecule has 3 aromatic rings. The van der Waals surface area contributed by atoms with Gasteiger partial charge >= 0.3 is 5.97 Å². The van der Waals surface area contributed by atoms with Crippen molar-refractivity contribution < 1.29 is 19.1 Å². The number of esters is 1. The molecule has 0 radical (unpaired) electrons. The standard InChI is InChI=1S/C27H23N3O4/c1-15-12-13-20-18(14-15)27(25(33)29-20)26(17-10-6-7-11-19(17)28-24(26)32)21(16-8-4-3-5-9-16)22(30-27)23(31)34-2/h3-14,21-22,30H,1-2H3,(H,28,32)(H,29,33)/t21-,22+,26-,27-/m0/s1. The largest absolute Gasteiger partial charge is 0.468 e. The molecular formula is C27H23N3O4. The molecule has 3 N–H and O–H groups in total. The molecular weight excluding hydrogens is 430 g/mol. The van der Waals surface area contributed by atoms with Crippen LogP contribution in [0.2, 0.25) is 0 Å². The molecule has 34 heavy (non-hydrogen) atoms. The van der Waals surface area contributed by atoms with Gasteiger partial charge < -0.3 is 15.4 Å². The van der Waals surface area contributed by atoms with Gasteiger partial charge in [0, 0.05) is 22.9 Å². The van der Waals surface area contributed by atoms with E-state index in [2.05, 4.69) is 16.0 Å². The van der Waals surface area contributed by atoms with Crippen LogP contribution in [0.15, 0.2) is 72.8 Å². The fourth-order valence-electron chi connectivity index (χ4n) is 6.25. The number of benzene rings is 3. The van der Waals surface area contributed by atoms with Crippen molar-refractivity contribution in [3.8, 4) is 0 Å². The minimum absolute atomic E-state index is 0.328. The fourth-order valence-corrected chi connectivity index (χ4v) is 6.25. The Morgan fingerprint density at radius 1 is 0.853 bits per heavy atom. The van der Waals surface area contributed by atoms with Crippen molar-refractivity contribution in [2.45, 2.75) is 29.8 Å². The van der Waals surface area contributed by atoms with Gasteiger partial charge in [-0.25, -0.2) is 0 Å². The summed E-state index contributed by atoms with van der Waals surface area (Å²) in [6.45, 7) is 1.94. The highest BCUT2D eigenvalue weighted by Crippen LogP contribution is 2.64. The molecule has 3 aromatic carbocycles. The number of amides is 2. The number of ether oxygens (including phenoxy) is 1. The molecule has 3 aliphatic heterocycles. The third-order valence-electron chi connectivity index (χ3n) is 7.50. The lowest BCUT2D eigenvalue weighted by Crippen LogP contribution is -2.60. The third kappa shape index (κ3) is 2.32. The maximum atomic E-state index is 14.2. The first-order chi connectivity index (χ1) is 16.4. The molecule has 1 saturated heterocycles. The minimum atomic E-state index is -1.52. The van der Waals surface area contributed by atoms with E-state index in [-0.39, 0.29) is 11.8 Å². The summed E-state index contributed by atoms with van der Waals surface area (Å²) in [6, 6.07) is 21.5. The first-order valence-corrected chi connectivity index (χ1v) is 11.2. The number of fused-ring (bicyclic) bond motifs is 5. The predicted molar refractivity (Wildman–Crippen MR) is 126 cm³/mol. The Hall–Kier alpha value is -3.97. The van der Waals surface area contributed by atoms with E-state index in [9.17, 15) is 14.4 Å². The number of hydrogen-bond acceptors (Lipinski definition) is 5. The Labute approximate surface area is 196 Å². The van der Waals surface area contributed by atoms with E-state index >= 15 is 0 Å². The molecule has 0 saturated carbocycles. The van der Waals surface area contributed by atoms with Crippen LogP contribution in [0.5, 0.6) is 0 Å². The summed E-state index contributed by atoms with van der Waals surface area (Å²) in [4.78, 5) is 41.5. The highest BCUT2D eigenvalue weighted by Gasteiger charge is 2.77. The fraction of sp³-hybridized carbons (Fsp3) is 0.222. The molecule has 1 fully saturated rings. The van der Waals surface area contributed by atoms with E-state index in [0.29, 0.717) is 22.5 Å². The van der Waals surface area contributed by atoms with E-state index in [0.717, 1.165) is 11.1 Å². The topological polar surface area (TPSA) is 96.5 Å². The van der Waals surface area contributed by atoms with Crippen LogP contribution in [-0.4, -0.2) is 30.9 Å². The van der Waals surface area contributed by atoms with E-state index in [1.807, 2.05) is 79.7 Å². The lowest BCUT2D eigenvalue weighted by molar-refractivity contribution is -0.143. The van der Waals surface area contributed by atoms with Crippen LogP contribution >= 0.6 is 0 Å². The van der Waals surface area contributed by atoms with Gasteiger partial charge in [-0.3, -0.25) is 19.7 Å². The summed E-state index contributed by atoms with van der Waals surface area (Å²) in [6.07, 6.45) is 0. The van der Waals surface area contributed by atoms with Crippen LogP contribution in [0.3, 0.4) is 0 Å². The zero-order valence-electron chi connectivity index (χ0n) is 18.7. The maximum Gasteiger partial charge on any atom is 0.323 e. The zero-order valence-corrected chi connectivity index (χ0v) is 18.7. The van der Waals surface area contributed by atoms with Gasteiger partial charge in [0.15, 0.2) is 0 Å². The molecule has 170 valence electrons. The highest BCUT2D eigenvalue weighted by atomic mass is 16.5. The van der Waals surface area contributed by atoms with E-state index in [1.165, 1.54) is 7.11 Å². The van der Waals surface area contributed by atoms with Gasteiger partial charge in [0.05, 0.1) is 7.11 Å². The first-order valence-electron chi connectivity index (χ1n) is 11.2. The highest BCUT2D eigenvalue weighted by molar-refractivity contribution is 6.19. The summed E-state index contributed by atoms with van der Waals surface area (Å²) in [5, 5.41) is 9.34. The zero-order chi connectivity index (χ0) is 23.7. The van der Waals surface area contributed by atoms with Crippen LogP contribution in [0.1, 0.15) is 28.2 Å². The molecule has 0 aromatic heterocycles. The minimum Gasteiger partial charge on any atom is -0.468 e. The van der Waals surface area contributed by atoms with Crippen molar-refractivity contribution in [2.75, 3.05) is 17.7 Å². The molecule has 0 unspecified atom stereocenters. The quantitative estimate of drug-likeness (QED) is 0.519.